The minimum Gasteiger partial charge on any atom is -0.492 e. The Morgan fingerprint density at radius 2 is 1.84 bits per heavy atom. The van der Waals surface area contributed by atoms with Gasteiger partial charge in [-0.25, -0.2) is 13.2 Å². The number of thiophene rings is 1. The highest BCUT2D eigenvalue weighted by Gasteiger charge is 2.57. The van der Waals surface area contributed by atoms with Crippen molar-refractivity contribution in [1.82, 2.24) is 0 Å². The third kappa shape index (κ3) is 5.87. The fourth-order valence-corrected chi connectivity index (χ4v) is 7.39. The van der Waals surface area contributed by atoms with Gasteiger partial charge in [-0.3, -0.25) is 4.57 Å². The lowest BCUT2D eigenvalue weighted by Gasteiger charge is -2.25. The van der Waals surface area contributed by atoms with E-state index in [1.165, 1.54) is 26.0 Å². The molecule has 2 rings (SSSR count). The number of carbonyl (C=O) groups is 1. The summed E-state index contributed by atoms with van der Waals surface area (Å²) in [6, 6.07) is 2.36. The number of carboxylic acids is 1. The molecule has 1 N–H and O–H groups in total. The summed E-state index contributed by atoms with van der Waals surface area (Å²) in [5.74, 6) is -1.48. The maximum atomic E-state index is 15.3. The number of halogens is 3. The Morgan fingerprint density at radius 1 is 1.25 bits per heavy atom. The van der Waals surface area contributed by atoms with Gasteiger partial charge < -0.3 is 18.9 Å². The van der Waals surface area contributed by atoms with Crippen LogP contribution in [0.2, 0.25) is 0 Å². The second-order valence-corrected chi connectivity index (χ2v) is 12.8. The summed E-state index contributed by atoms with van der Waals surface area (Å²) in [5, 5.41) is 9.51. The van der Waals surface area contributed by atoms with Gasteiger partial charge in [0.25, 0.3) is 0 Å². The summed E-state index contributed by atoms with van der Waals surface area (Å²) in [5.41, 5.74) is -4.25. The van der Waals surface area contributed by atoms with Crippen molar-refractivity contribution in [3.8, 4) is 5.75 Å². The van der Waals surface area contributed by atoms with Crippen LogP contribution in [0.25, 0.3) is 10.1 Å². The SMILES string of the molecule is CCOP(=O)(OCC)C(F)(F)c1sc2c(OCCCS(C)(=O)=O)cc(C(=O)O)cc2c1Br. The Morgan fingerprint density at radius 3 is 2.34 bits per heavy atom. The van der Waals surface area contributed by atoms with Gasteiger partial charge in [0, 0.05) is 16.1 Å². The minimum absolute atomic E-state index is 0.0104. The predicted octanol–water partition coefficient (Wildman–Crippen LogP) is 5.49. The number of aromatic carboxylic acids is 1. The predicted molar refractivity (Wildman–Crippen MR) is 121 cm³/mol. The Kier molecular flexibility index (Phi) is 8.85. The topological polar surface area (TPSA) is 116 Å². The molecule has 1 aromatic heterocycles. The Bertz CT molecular complexity index is 1140. The van der Waals surface area contributed by atoms with Crippen molar-refractivity contribution in [3.05, 3.63) is 27.0 Å². The van der Waals surface area contributed by atoms with Crippen molar-refractivity contribution < 1.29 is 45.4 Å². The number of benzene rings is 1. The number of sulfone groups is 1. The van der Waals surface area contributed by atoms with Crippen LogP contribution in [0.5, 0.6) is 5.75 Å². The molecule has 0 radical (unpaired) electrons. The Balaban J connectivity index is 2.59. The van der Waals surface area contributed by atoms with Gasteiger partial charge >= 0.3 is 19.2 Å². The molecule has 0 aliphatic rings. The van der Waals surface area contributed by atoms with Crippen LogP contribution in [0.4, 0.5) is 8.78 Å². The number of alkyl halides is 2. The van der Waals surface area contributed by atoms with Gasteiger partial charge in [-0.2, -0.15) is 8.78 Å². The monoisotopic (exact) mass is 578 g/mol. The van der Waals surface area contributed by atoms with Gasteiger partial charge in [0.1, 0.15) is 20.5 Å². The molecule has 0 fully saturated rings. The first kappa shape index (κ1) is 27.1. The second-order valence-electron chi connectivity index (χ2n) is 6.61. The van der Waals surface area contributed by atoms with Gasteiger partial charge in [-0.15, -0.1) is 11.3 Å². The van der Waals surface area contributed by atoms with Crippen molar-refractivity contribution in [1.29, 1.82) is 0 Å². The van der Waals surface area contributed by atoms with Crippen molar-refractivity contribution in [2.45, 2.75) is 25.9 Å². The highest BCUT2D eigenvalue weighted by atomic mass is 79.9. The van der Waals surface area contributed by atoms with Crippen LogP contribution in [-0.2, 0) is 29.1 Å². The van der Waals surface area contributed by atoms with Crippen molar-refractivity contribution in [2.24, 2.45) is 0 Å². The Hall–Kier alpha value is -1.11. The first-order chi connectivity index (χ1) is 14.8. The molecule has 0 bridgehead atoms. The molecule has 0 aliphatic carbocycles. The van der Waals surface area contributed by atoms with Gasteiger partial charge in [0.05, 0.1) is 35.8 Å². The zero-order valence-electron chi connectivity index (χ0n) is 17.4. The van der Waals surface area contributed by atoms with E-state index in [1.54, 1.807) is 0 Å². The van der Waals surface area contributed by atoms with Gasteiger partial charge in [0.2, 0.25) is 0 Å². The van der Waals surface area contributed by atoms with E-state index in [0.29, 0.717) is 11.3 Å². The van der Waals surface area contributed by atoms with E-state index in [9.17, 15) is 22.9 Å². The van der Waals surface area contributed by atoms with E-state index < -0.39 is 33.9 Å². The summed E-state index contributed by atoms with van der Waals surface area (Å²) in [4.78, 5) is 10.9. The first-order valence-electron chi connectivity index (χ1n) is 9.34. The number of hydrogen-bond acceptors (Lipinski definition) is 8. The van der Waals surface area contributed by atoms with Crippen LogP contribution >= 0.6 is 34.9 Å². The van der Waals surface area contributed by atoms with Crippen LogP contribution in [-0.4, -0.2) is 51.3 Å². The first-order valence-corrected chi connectivity index (χ1v) is 14.6. The molecule has 0 unspecified atom stereocenters. The zero-order valence-corrected chi connectivity index (χ0v) is 21.5. The molecule has 0 atom stereocenters. The highest BCUT2D eigenvalue weighted by molar-refractivity contribution is 9.10. The minimum atomic E-state index is -4.89. The molecule has 14 heteroatoms. The number of carboxylic acid groups (broad SMARTS) is 1. The fourth-order valence-electron chi connectivity index (χ4n) is 2.73. The van der Waals surface area contributed by atoms with Crippen molar-refractivity contribution in [2.75, 3.05) is 31.8 Å². The van der Waals surface area contributed by atoms with E-state index in [-0.39, 0.29) is 57.9 Å². The lowest BCUT2D eigenvalue weighted by Crippen LogP contribution is -2.17. The molecule has 1 aromatic carbocycles. The van der Waals surface area contributed by atoms with Gasteiger partial charge in [-0.05, 0) is 48.3 Å². The quantitative estimate of drug-likeness (QED) is 0.259. The molecule has 0 saturated heterocycles. The molecule has 180 valence electrons. The third-order valence-electron chi connectivity index (χ3n) is 4.07. The van der Waals surface area contributed by atoms with E-state index in [0.717, 1.165) is 6.26 Å². The molecule has 32 heavy (non-hydrogen) atoms. The average molecular weight is 579 g/mol. The number of hydrogen-bond donors (Lipinski definition) is 1. The summed E-state index contributed by atoms with van der Waals surface area (Å²) >= 11 is 3.63. The van der Waals surface area contributed by atoms with E-state index in [2.05, 4.69) is 15.9 Å². The van der Waals surface area contributed by atoms with Crippen LogP contribution in [0.1, 0.15) is 35.5 Å². The maximum Gasteiger partial charge on any atom is 0.405 e. The fraction of sp³-hybridized carbons (Fsp3) is 0.500. The molecule has 8 nitrogen and oxygen atoms in total. The maximum absolute atomic E-state index is 15.3. The van der Waals surface area contributed by atoms with Crippen molar-refractivity contribution >= 4 is 60.8 Å². The summed E-state index contributed by atoms with van der Waals surface area (Å²) in [7, 11) is -8.12. The number of ether oxygens (including phenoxy) is 1. The van der Waals surface area contributed by atoms with Gasteiger partial charge in [-0.1, -0.05) is 0 Å². The van der Waals surface area contributed by atoms with Crippen LogP contribution in [0.3, 0.4) is 0 Å². The van der Waals surface area contributed by atoms with E-state index in [1.807, 2.05) is 0 Å². The molecule has 0 amide bonds. The highest BCUT2D eigenvalue weighted by Crippen LogP contribution is 2.69. The normalized spacial score (nSPS) is 12.9. The van der Waals surface area contributed by atoms with Crippen LogP contribution < -0.4 is 4.74 Å². The molecule has 0 spiro atoms. The molecule has 0 aliphatic heterocycles. The number of fused-ring (bicyclic) bond motifs is 1. The molecule has 2 aromatic rings. The van der Waals surface area contributed by atoms with Crippen LogP contribution in [0.15, 0.2) is 16.6 Å². The number of rotatable bonds is 12. The van der Waals surface area contributed by atoms with E-state index >= 15 is 8.78 Å². The zero-order chi connectivity index (χ0) is 24.3. The lowest BCUT2D eigenvalue weighted by molar-refractivity contribution is 0.0387. The summed E-state index contributed by atoms with van der Waals surface area (Å²) in [6.45, 7) is 2.19. The Labute approximate surface area is 196 Å². The van der Waals surface area contributed by atoms with Crippen molar-refractivity contribution in [3.63, 3.8) is 0 Å². The lowest BCUT2D eigenvalue weighted by atomic mass is 10.1. The average Bonchev–Trinajstić information content (AvgIpc) is 3.02. The third-order valence-corrected chi connectivity index (χ3v) is 9.74. The molecular formula is C18H22BrF2O8PS2. The van der Waals surface area contributed by atoms with Gasteiger partial charge in [0.15, 0.2) is 0 Å². The second kappa shape index (κ2) is 10.4. The summed E-state index contributed by atoms with van der Waals surface area (Å²) < 4.78 is 81.3. The van der Waals surface area contributed by atoms with Crippen LogP contribution in [0, 0.1) is 0 Å². The molecular weight excluding hydrogens is 557 g/mol. The molecule has 0 saturated carbocycles. The standard InChI is InChI=1S/C18H22BrF2O8PS2/c1-4-28-30(24,29-5-2)18(20,21)16-14(19)12-9-11(17(22)23)10-13(15(12)31-16)27-7-6-8-32(3,25)26/h9-10H,4-8H2,1-3H3,(H,22,23). The van der Waals surface area contributed by atoms with E-state index in [4.69, 9.17) is 13.8 Å². The molecule has 1 heterocycles. The summed E-state index contributed by atoms with van der Waals surface area (Å²) in [6.07, 6.45) is 1.19. The smallest absolute Gasteiger partial charge is 0.405 e. The largest absolute Gasteiger partial charge is 0.492 e.